The third kappa shape index (κ3) is 7.49. The Bertz CT molecular complexity index is 832. The Morgan fingerprint density at radius 1 is 1.23 bits per heavy atom. The van der Waals surface area contributed by atoms with E-state index in [9.17, 15) is 4.79 Å². The van der Waals surface area contributed by atoms with Crippen LogP contribution in [0.25, 0.3) is 0 Å². The first kappa shape index (κ1) is 25.1. The molecule has 2 heterocycles. The molecule has 2 aromatic rings. The van der Waals surface area contributed by atoms with Gasteiger partial charge < -0.3 is 19.6 Å². The molecule has 1 fully saturated rings. The molecule has 0 unspecified atom stereocenters. The molecule has 9 heteroatoms. The van der Waals surface area contributed by atoms with Crippen LogP contribution in [0.2, 0.25) is 0 Å². The van der Waals surface area contributed by atoms with E-state index in [0.717, 1.165) is 68.5 Å². The molecule has 1 aliphatic heterocycles. The number of nitrogens with one attached hydrogen (secondary N) is 1. The number of carbonyl (C=O) groups is 1. The van der Waals surface area contributed by atoms with E-state index in [-0.39, 0.29) is 29.9 Å². The number of carbonyl (C=O) groups excluding carboxylic acids is 1. The van der Waals surface area contributed by atoms with Gasteiger partial charge in [0.15, 0.2) is 5.96 Å². The number of nitrogens with zero attached hydrogens (tertiary/aromatic N) is 5. The number of aromatic nitrogens is 1. The predicted octanol–water partition coefficient (Wildman–Crippen LogP) is 2.32. The van der Waals surface area contributed by atoms with Gasteiger partial charge in [0.05, 0.1) is 5.69 Å². The summed E-state index contributed by atoms with van der Waals surface area (Å²) in [6.45, 7) is 8.21. The normalized spacial score (nSPS) is 14.8. The summed E-state index contributed by atoms with van der Waals surface area (Å²) < 4.78 is 4.92. The SMILES string of the molecule is CCNC(=NCCc1cccc(C(=O)N(C)C)c1)N1CCN(Cc2ccon2)CC1.I. The number of aliphatic imine (C=N–C) groups is 1. The molecular formula is C22H33IN6O2. The van der Waals surface area contributed by atoms with Gasteiger partial charge in [-0.05, 0) is 31.0 Å². The van der Waals surface area contributed by atoms with Gasteiger partial charge >= 0.3 is 0 Å². The van der Waals surface area contributed by atoms with E-state index < -0.39 is 0 Å². The zero-order valence-corrected chi connectivity index (χ0v) is 20.9. The number of hydrogen-bond donors (Lipinski definition) is 1. The van der Waals surface area contributed by atoms with Crippen LogP contribution in [-0.4, -0.2) is 85.1 Å². The molecule has 1 amide bonds. The molecule has 170 valence electrons. The molecule has 1 aliphatic rings. The van der Waals surface area contributed by atoms with Crippen molar-refractivity contribution in [2.45, 2.75) is 19.9 Å². The molecule has 0 spiro atoms. The monoisotopic (exact) mass is 540 g/mol. The summed E-state index contributed by atoms with van der Waals surface area (Å²) in [4.78, 5) is 23.3. The van der Waals surface area contributed by atoms with E-state index in [4.69, 9.17) is 9.52 Å². The smallest absolute Gasteiger partial charge is 0.253 e. The van der Waals surface area contributed by atoms with Crippen molar-refractivity contribution >= 4 is 35.8 Å². The first-order valence-corrected chi connectivity index (χ1v) is 10.5. The van der Waals surface area contributed by atoms with Gasteiger partial charge in [0.1, 0.15) is 6.26 Å². The summed E-state index contributed by atoms with van der Waals surface area (Å²) >= 11 is 0. The highest BCUT2D eigenvalue weighted by molar-refractivity contribution is 14.0. The molecule has 8 nitrogen and oxygen atoms in total. The van der Waals surface area contributed by atoms with Gasteiger partial charge in [0.25, 0.3) is 5.91 Å². The number of piperazine rings is 1. The van der Waals surface area contributed by atoms with Crippen molar-refractivity contribution in [3.8, 4) is 0 Å². The van der Waals surface area contributed by atoms with Crippen molar-refractivity contribution in [1.29, 1.82) is 0 Å². The maximum Gasteiger partial charge on any atom is 0.253 e. The average molecular weight is 540 g/mol. The minimum absolute atomic E-state index is 0. The summed E-state index contributed by atoms with van der Waals surface area (Å²) in [5, 5.41) is 7.41. The highest BCUT2D eigenvalue weighted by Gasteiger charge is 2.20. The molecule has 1 N–H and O–H groups in total. The molecule has 0 saturated carbocycles. The zero-order chi connectivity index (χ0) is 21.3. The largest absolute Gasteiger partial charge is 0.364 e. The van der Waals surface area contributed by atoms with Gasteiger partial charge in [-0.25, -0.2) is 0 Å². The Morgan fingerprint density at radius 2 is 2.00 bits per heavy atom. The van der Waals surface area contributed by atoms with Crippen LogP contribution >= 0.6 is 24.0 Å². The second kappa shape index (κ2) is 12.7. The van der Waals surface area contributed by atoms with Gasteiger partial charge in [0.2, 0.25) is 0 Å². The molecule has 1 aromatic heterocycles. The van der Waals surface area contributed by atoms with Gasteiger partial charge in [-0.1, -0.05) is 17.3 Å². The number of halogens is 1. The van der Waals surface area contributed by atoms with Crippen LogP contribution in [0.5, 0.6) is 0 Å². The van der Waals surface area contributed by atoms with E-state index >= 15 is 0 Å². The highest BCUT2D eigenvalue weighted by atomic mass is 127. The Hall–Kier alpha value is -2.14. The Labute approximate surface area is 201 Å². The minimum atomic E-state index is 0. The Morgan fingerprint density at radius 3 is 2.65 bits per heavy atom. The molecule has 0 atom stereocenters. The topological polar surface area (TPSA) is 77.2 Å². The van der Waals surface area contributed by atoms with Crippen molar-refractivity contribution < 1.29 is 9.32 Å². The molecule has 0 aliphatic carbocycles. The second-order valence-electron chi connectivity index (χ2n) is 7.64. The first-order valence-electron chi connectivity index (χ1n) is 10.5. The lowest BCUT2D eigenvalue weighted by molar-refractivity contribution is 0.0827. The van der Waals surface area contributed by atoms with E-state index in [2.05, 4.69) is 33.3 Å². The van der Waals surface area contributed by atoms with Crippen LogP contribution in [0.1, 0.15) is 28.5 Å². The Balaban J connectivity index is 0.00000341. The minimum Gasteiger partial charge on any atom is -0.364 e. The standard InChI is InChI=1S/C22H32N6O2.HI/c1-4-23-22(28-13-11-27(12-14-28)17-20-9-15-30-25-20)24-10-8-18-6-5-7-19(16-18)21(29)26(2)3;/h5-7,9,15-16H,4,8,10-14,17H2,1-3H3,(H,23,24);1H. The molecular weight excluding hydrogens is 507 g/mol. The van der Waals surface area contributed by atoms with Crippen molar-refractivity contribution in [2.24, 2.45) is 4.99 Å². The van der Waals surface area contributed by atoms with Gasteiger partial charge in [-0.3, -0.25) is 14.7 Å². The summed E-state index contributed by atoms with van der Waals surface area (Å²) in [6, 6.07) is 9.73. The molecule has 0 bridgehead atoms. The van der Waals surface area contributed by atoms with Crippen LogP contribution in [0.4, 0.5) is 0 Å². The van der Waals surface area contributed by atoms with Crippen molar-refractivity contribution in [3.63, 3.8) is 0 Å². The quantitative estimate of drug-likeness (QED) is 0.330. The summed E-state index contributed by atoms with van der Waals surface area (Å²) in [7, 11) is 3.54. The number of guanidine groups is 1. The predicted molar refractivity (Wildman–Crippen MR) is 133 cm³/mol. The second-order valence-corrected chi connectivity index (χ2v) is 7.64. The lowest BCUT2D eigenvalue weighted by Gasteiger charge is -2.36. The molecule has 1 aromatic carbocycles. The number of amides is 1. The Kier molecular flexibility index (Phi) is 10.3. The maximum atomic E-state index is 12.2. The summed E-state index contributed by atoms with van der Waals surface area (Å²) in [5.41, 5.74) is 2.82. The zero-order valence-electron chi connectivity index (χ0n) is 18.6. The summed E-state index contributed by atoms with van der Waals surface area (Å²) in [5.74, 6) is 0.983. The maximum absolute atomic E-state index is 12.2. The first-order chi connectivity index (χ1) is 14.6. The van der Waals surface area contributed by atoms with E-state index in [1.807, 2.05) is 24.3 Å². The molecule has 3 rings (SSSR count). The highest BCUT2D eigenvalue weighted by Crippen LogP contribution is 2.10. The van der Waals surface area contributed by atoms with Gasteiger partial charge in [-0.2, -0.15) is 0 Å². The molecule has 1 saturated heterocycles. The average Bonchev–Trinajstić information content (AvgIpc) is 3.26. The van der Waals surface area contributed by atoms with Gasteiger partial charge in [-0.15, -0.1) is 24.0 Å². The van der Waals surface area contributed by atoms with Crippen LogP contribution in [0.15, 0.2) is 46.1 Å². The number of benzene rings is 1. The number of hydrogen-bond acceptors (Lipinski definition) is 5. The summed E-state index contributed by atoms with van der Waals surface area (Å²) in [6.07, 6.45) is 2.42. The van der Waals surface area contributed by atoms with Crippen molar-refractivity contribution in [2.75, 3.05) is 53.4 Å². The van der Waals surface area contributed by atoms with Crippen molar-refractivity contribution in [1.82, 2.24) is 25.2 Å². The van der Waals surface area contributed by atoms with E-state index in [1.54, 1.807) is 25.3 Å². The van der Waals surface area contributed by atoms with Crippen LogP contribution in [0, 0.1) is 0 Å². The number of rotatable bonds is 7. The van der Waals surface area contributed by atoms with Crippen LogP contribution in [-0.2, 0) is 13.0 Å². The van der Waals surface area contributed by atoms with Crippen LogP contribution < -0.4 is 5.32 Å². The van der Waals surface area contributed by atoms with E-state index in [0.29, 0.717) is 6.54 Å². The van der Waals surface area contributed by atoms with Crippen LogP contribution in [0.3, 0.4) is 0 Å². The lowest BCUT2D eigenvalue weighted by atomic mass is 10.1. The fourth-order valence-corrected chi connectivity index (χ4v) is 3.50. The fraction of sp³-hybridized carbons (Fsp3) is 0.500. The van der Waals surface area contributed by atoms with E-state index in [1.165, 1.54) is 0 Å². The van der Waals surface area contributed by atoms with Crippen molar-refractivity contribution in [3.05, 3.63) is 53.4 Å². The third-order valence-corrected chi connectivity index (χ3v) is 5.13. The molecule has 31 heavy (non-hydrogen) atoms. The third-order valence-electron chi connectivity index (χ3n) is 5.13. The van der Waals surface area contributed by atoms with Gasteiger partial charge in [0, 0.05) is 71.5 Å². The molecule has 0 radical (unpaired) electrons. The lowest BCUT2D eigenvalue weighted by Crippen LogP contribution is -2.52. The fourth-order valence-electron chi connectivity index (χ4n) is 3.50.